The van der Waals surface area contributed by atoms with Crippen molar-refractivity contribution in [3.05, 3.63) is 109 Å². The molecular formula is C36H42N2O5. The summed E-state index contributed by atoms with van der Waals surface area (Å²) in [6.45, 7) is 5.53. The third-order valence-corrected chi connectivity index (χ3v) is 7.76. The molecule has 7 nitrogen and oxygen atoms in total. The van der Waals surface area contributed by atoms with Gasteiger partial charge in [-0.1, -0.05) is 106 Å². The number of aromatic nitrogens is 1. The first-order valence-electron chi connectivity index (χ1n) is 14.8. The summed E-state index contributed by atoms with van der Waals surface area (Å²) in [6.07, 6.45) is 4.24. The number of nitrogens with one attached hydrogen (secondary N) is 1. The van der Waals surface area contributed by atoms with Crippen LogP contribution >= 0.6 is 0 Å². The van der Waals surface area contributed by atoms with Crippen molar-refractivity contribution in [2.45, 2.75) is 52.3 Å². The van der Waals surface area contributed by atoms with Crippen molar-refractivity contribution < 1.29 is 24.5 Å². The van der Waals surface area contributed by atoms with Gasteiger partial charge in [-0.25, -0.2) is 0 Å². The van der Waals surface area contributed by atoms with Gasteiger partial charge >= 0.3 is 5.97 Å². The predicted molar refractivity (Wildman–Crippen MR) is 169 cm³/mol. The molecule has 3 N–H and O–H groups in total. The second-order valence-corrected chi connectivity index (χ2v) is 11.9. The van der Waals surface area contributed by atoms with Crippen LogP contribution < -0.4 is 5.32 Å². The van der Waals surface area contributed by atoms with Gasteiger partial charge in [0.25, 0.3) is 0 Å². The van der Waals surface area contributed by atoms with Crippen molar-refractivity contribution in [2.24, 2.45) is 11.3 Å². The Kier molecular flexibility index (Phi) is 10.9. The molecule has 0 saturated carbocycles. The molecule has 1 amide bonds. The Balaban J connectivity index is 1.65. The highest BCUT2D eigenvalue weighted by Crippen LogP contribution is 2.31. The van der Waals surface area contributed by atoms with Crippen LogP contribution in [0, 0.1) is 11.3 Å². The van der Waals surface area contributed by atoms with Crippen LogP contribution in [0.25, 0.3) is 22.3 Å². The zero-order chi connectivity index (χ0) is 30.8. The Morgan fingerprint density at radius 1 is 0.814 bits per heavy atom. The lowest BCUT2D eigenvalue weighted by Crippen LogP contribution is -2.50. The zero-order valence-electron chi connectivity index (χ0n) is 25.1. The second kappa shape index (κ2) is 14.8. The van der Waals surface area contributed by atoms with Crippen molar-refractivity contribution in [3.63, 3.8) is 0 Å². The number of carbonyl (C=O) groups excluding carboxylic acids is 2. The van der Waals surface area contributed by atoms with Gasteiger partial charge in [-0.2, -0.15) is 0 Å². The Bertz CT molecular complexity index is 1440. The standard InChI is InChI=1S/C36H42N2O5/c1-36(2,3)32(24-40)37-34(41)33(31(15-10-22-39)35(42)43-25-26-11-6-4-7-12-26)38-21-20-30(23-38)29-18-16-28(17-19-29)27-13-8-5-9-14-27/h4-9,11-14,16-21,23,31-33,39-40H,10,15,22,24-25H2,1-3H3,(H,37,41)/t31-,32+,33+/m0/s1. The minimum atomic E-state index is -0.955. The summed E-state index contributed by atoms with van der Waals surface area (Å²) in [5.41, 5.74) is 4.52. The van der Waals surface area contributed by atoms with Gasteiger partial charge in [0, 0.05) is 19.0 Å². The Morgan fingerprint density at radius 3 is 1.98 bits per heavy atom. The fourth-order valence-electron chi connectivity index (χ4n) is 5.11. The predicted octanol–water partition coefficient (Wildman–Crippen LogP) is 6.02. The van der Waals surface area contributed by atoms with Crippen LogP contribution in [-0.4, -0.2) is 45.9 Å². The maximum atomic E-state index is 14.0. The van der Waals surface area contributed by atoms with Gasteiger partial charge in [0.05, 0.1) is 18.6 Å². The minimum Gasteiger partial charge on any atom is -0.461 e. The number of ether oxygens (including phenoxy) is 1. The molecule has 4 rings (SSSR count). The molecule has 4 aromatic rings. The SMILES string of the molecule is CC(C)(C)[C@@H](CO)NC(=O)[C@@H]([C@H](CCCO)C(=O)OCc1ccccc1)n1ccc(-c2ccc(-c3ccccc3)cc2)c1. The molecule has 0 saturated heterocycles. The molecule has 43 heavy (non-hydrogen) atoms. The fraction of sp³-hybridized carbons (Fsp3) is 0.333. The van der Waals surface area contributed by atoms with Crippen LogP contribution in [-0.2, 0) is 20.9 Å². The third-order valence-electron chi connectivity index (χ3n) is 7.76. The Hall–Kier alpha value is -4.20. The van der Waals surface area contributed by atoms with Gasteiger partial charge in [-0.3, -0.25) is 9.59 Å². The van der Waals surface area contributed by atoms with Crippen LogP contribution in [0.2, 0.25) is 0 Å². The topological polar surface area (TPSA) is 101 Å². The molecule has 226 valence electrons. The number of amides is 1. The summed E-state index contributed by atoms with van der Waals surface area (Å²) in [5, 5.41) is 22.7. The van der Waals surface area contributed by atoms with E-state index >= 15 is 0 Å². The monoisotopic (exact) mass is 582 g/mol. The van der Waals surface area contributed by atoms with E-state index in [2.05, 4.69) is 29.6 Å². The average molecular weight is 583 g/mol. The van der Waals surface area contributed by atoms with Gasteiger partial charge in [-0.05, 0) is 52.1 Å². The first kappa shape index (κ1) is 31.7. The van der Waals surface area contributed by atoms with E-state index in [9.17, 15) is 19.8 Å². The molecule has 7 heteroatoms. The van der Waals surface area contributed by atoms with E-state index in [1.807, 2.05) is 93.7 Å². The number of carbonyl (C=O) groups is 2. The normalized spacial score (nSPS) is 13.6. The van der Waals surface area contributed by atoms with Crippen LogP contribution in [0.4, 0.5) is 0 Å². The van der Waals surface area contributed by atoms with Crippen molar-refractivity contribution >= 4 is 11.9 Å². The molecule has 0 aliphatic heterocycles. The van der Waals surface area contributed by atoms with E-state index < -0.39 is 35.3 Å². The molecule has 0 aliphatic rings. The van der Waals surface area contributed by atoms with Crippen molar-refractivity contribution in [3.8, 4) is 22.3 Å². The number of benzene rings is 3. The largest absolute Gasteiger partial charge is 0.461 e. The average Bonchev–Trinajstić information content (AvgIpc) is 3.50. The van der Waals surface area contributed by atoms with Crippen LogP contribution in [0.1, 0.15) is 45.2 Å². The lowest BCUT2D eigenvalue weighted by molar-refractivity contribution is -0.154. The van der Waals surface area contributed by atoms with Crippen molar-refractivity contribution in [1.82, 2.24) is 9.88 Å². The zero-order valence-corrected chi connectivity index (χ0v) is 25.1. The lowest BCUT2D eigenvalue weighted by atomic mass is 9.86. The summed E-state index contributed by atoms with van der Waals surface area (Å²) in [5.74, 6) is -1.78. The van der Waals surface area contributed by atoms with E-state index in [0.29, 0.717) is 6.42 Å². The summed E-state index contributed by atoms with van der Waals surface area (Å²) >= 11 is 0. The van der Waals surface area contributed by atoms with Gasteiger partial charge in [0.2, 0.25) is 5.91 Å². The molecule has 0 fully saturated rings. The summed E-state index contributed by atoms with van der Waals surface area (Å²) in [7, 11) is 0. The third kappa shape index (κ3) is 8.43. The Morgan fingerprint density at radius 2 is 1.40 bits per heavy atom. The second-order valence-electron chi connectivity index (χ2n) is 11.9. The van der Waals surface area contributed by atoms with Crippen molar-refractivity contribution in [1.29, 1.82) is 0 Å². The maximum Gasteiger partial charge on any atom is 0.311 e. The molecule has 0 radical (unpaired) electrons. The number of hydrogen-bond acceptors (Lipinski definition) is 5. The maximum absolute atomic E-state index is 14.0. The number of nitrogens with zero attached hydrogens (tertiary/aromatic N) is 1. The lowest BCUT2D eigenvalue weighted by Gasteiger charge is -2.33. The van der Waals surface area contributed by atoms with Crippen LogP contribution in [0.5, 0.6) is 0 Å². The van der Waals surface area contributed by atoms with E-state index in [4.69, 9.17) is 4.74 Å². The molecule has 3 aromatic carbocycles. The van der Waals surface area contributed by atoms with E-state index in [-0.39, 0.29) is 26.2 Å². The van der Waals surface area contributed by atoms with Crippen molar-refractivity contribution in [2.75, 3.05) is 13.2 Å². The molecular weight excluding hydrogens is 540 g/mol. The molecule has 1 heterocycles. The number of hydrogen-bond donors (Lipinski definition) is 3. The molecule has 1 aromatic heterocycles. The smallest absolute Gasteiger partial charge is 0.311 e. The molecule has 0 unspecified atom stereocenters. The fourth-order valence-corrected chi connectivity index (χ4v) is 5.11. The van der Waals surface area contributed by atoms with Gasteiger partial charge in [-0.15, -0.1) is 0 Å². The molecule has 3 atom stereocenters. The van der Waals surface area contributed by atoms with E-state index in [1.54, 1.807) is 10.8 Å². The highest BCUT2D eigenvalue weighted by Gasteiger charge is 2.38. The number of aliphatic hydroxyl groups excluding tert-OH is 2. The van der Waals surface area contributed by atoms with E-state index in [0.717, 1.165) is 27.8 Å². The number of rotatable bonds is 13. The quantitative estimate of drug-likeness (QED) is 0.168. The molecule has 0 bridgehead atoms. The van der Waals surface area contributed by atoms with E-state index in [1.165, 1.54) is 0 Å². The van der Waals surface area contributed by atoms with Gasteiger partial charge < -0.3 is 24.8 Å². The summed E-state index contributed by atoms with van der Waals surface area (Å²) in [6, 6.07) is 28.2. The molecule has 0 spiro atoms. The first-order chi connectivity index (χ1) is 20.7. The summed E-state index contributed by atoms with van der Waals surface area (Å²) in [4.78, 5) is 27.6. The van der Waals surface area contributed by atoms with Crippen LogP contribution in [0.15, 0.2) is 103 Å². The van der Waals surface area contributed by atoms with Crippen LogP contribution in [0.3, 0.4) is 0 Å². The molecule has 0 aliphatic carbocycles. The van der Waals surface area contributed by atoms with Gasteiger partial charge in [0.15, 0.2) is 0 Å². The van der Waals surface area contributed by atoms with Gasteiger partial charge in [0.1, 0.15) is 12.6 Å². The highest BCUT2D eigenvalue weighted by molar-refractivity contribution is 5.87. The highest BCUT2D eigenvalue weighted by atomic mass is 16.5. The number of esters is 1. The summed E-state index contributed by atoms with van der Waals surface area (Å²) < 4.78 is 7.47. The Labute approximate surface area is 254 Å². The number of aliphatic hydroxyl groups is 2. The minimum absolute atomic E-state index is 0.0790. The first-order valence-corrected chi connectivity index (χ1v) is 14.8.